The molecular weight excluding hydrogens is 228 g/mol. The molecule has 0 radical (unpaired) electrons. The fourth-order valence-electron chi connectivity index (χ4n) is 1.92. The first-order valence-corrected chi connectivity index (χ1v) is 6.64. The second-order valence-corrected chi connectivity index (χ2v) is 5.41. The second-order valence-electron chi connectivity index (χ2n) is 3.91. The third-order valence-corrected chi connectivity index (χ3v) is 3.90. The molecule has 1 fully saturated rings. The molecule has 0 spiro atoms. The molecule has 1 saturated carbocycles. The Morgan fingerprint density at radius 2 is 2.19 bits per heavy atom. The van der Waals surface area contributed by atoms with Crippen LogP contribution in [-0.2, 0) is 10.0 Å². The van der Waals surface area contributed by atoms with Crippen molar-refractivity contribution in [1.29, 1.82) is 0 Å². The molecule has 5 nitrogen and oxygen atoms in total. The number of rotatable bonds is 3. The van der Waals surface area contributed by atoms with Crippen LogP contribution >= 0.6 is 0 Å². The molecule has 0 bridgehead atoms. The Hall–Kier alpha value is -1.14. The highest BCUT2D eigenvalue weighted by Gasteiger charge is 2.29. The van der Waals surface area contributed by atoms with Gasteiger partial charge in [-0.25, -0.2) is 18.5 Å². The number of sulfonamides is 1. The van der Waals surface area contributed by atoms with Crippen molar-refractivity contribution in [3.8, 4) is 5.88 Å². The first-order valence-electron chi connectivity index (χ1n) is 5.09. The zero-order valence-corrected chi connectivity index (χ0v) is 9.83. The van der Waals surface area contributed by atoms with Gasteiger partial charge in [-0.2, -0.15) is 0 Å². The van der Waals surface area contributed by atoms with Gasteiger partial charge < -0.3 is 4.74 Å². The summed E-state index contributed by atoms with van der Waals surface area (Å²) in [6.07, 6.45) is 4.67. The van der Waals surface area contributed by atoms with Crippen LogP contribution in [0, 0.1) is 0 Å². The van der Waals surface area contributed by atoms with E-state index in [0.717, 1.165) is 24.8 Å². The third kappa shape index (κ3) is 1.90. The molecule has 2 N–H and O–H groups in total. The smallest absolute Gasteiger partial charge is 0.243 e. The molecule has 0 saturated heterocycles. The van der Waals surface area contributed by atoms with E-state index in [4.69, 9.17) is 9.88 Å². The van der Waals surface area contributed by atoms with Gasteiger partial charge in [-0.05, 0) is 30.4 Å². The fourth-order valence-corrected chi connectivity index (χ4v) is 2.86. The number of nitrogens with two attached hydrogens (primary N) is 1. The number of nitrogens with zero attached hydrogens (tertiary/aromatic N) is 1. The summed E-state index contributed by atoms with van der Waals surface area (Å²) in [4.78, 5) is 3.93. The van der Waals surface area contributed by atoms with E-state index < -0.39 is 10.0 Å². The van der Waals surface area contributed by atoms with Crippen LogP contribution in [0.3, 0.4) is 0 Å². The standard InChI is InChI=1S/C10H14N2O3S/c1-15-10-9(16(11,13)14)8(5-6-12-10)7-3-2-4-7/h5-7H,2-4H2,1H3,(H2,11,13,14). The van der Waals surface area contributed by atoms with Crippen molar-refractivity contribution in [2.75, 3.05) is 7.11 Å². The molecule has 0 aliphatic heterocycles. The van der Waals surface area contributed by atoms with Gasteiger partial charge in [-0.3, -0.25) is 0 Å². The van der Waals surface area contributed by atoms with Crippen molar-refractivity contribution >= 4 is 10.0 Å². The molecule has 0 amide bonds. The average Bonchev–Trinajstić information content (AvgIpc) is 2.13. The quantitative estimate of drug-likeness (QED) is 0.857. The van der Waals surface area contributed by atoms with Crippen LogP contribution in [0.1, 0.15) is 30.7 Å². The monoisotopic (exact) mass is 242 g/mol. The van der Waals surface area contributed by atoms with E-state index in [1.54, 1.807) is 12.3 Å². The highest BCUT2D eigenvalue weighted by molar-refractivity contribution is 7.89. The molecular formula is C10H14N2O3S. The van der Waals surface area contributed by atoms with Gasteiger partial charge >= 0.3 is 0 Å². The van der Waals surface area contributed by atoms with Gasteiger partial charge in [0.05, 0.1) is 7.11 Å². The van der Waals surface area contributed by atoms with E-state index in [9.17, 15) is 8.42 Å². The number of primary sulfonamides is 1. The molecule has 6 heteroatoms. The minimum absolute atomic E-state index is 0.0437. The van der Waals surface area contributed by atoms with Crippen LogP contribution in [0.15, 0.2) is 17.2 Å². The Morgan fingerprint density at radius 3 is 2.62 bits per heavy atom. The zero-order chi connectivity index (χ0) is 11.8. The largest absolute Gasteiger partial charge is 0.480 e. The van der Waals surface area contributed by atoms with Crippen molar-refractivity contribution in [3.63, 3.8) is 0 Å². The molecule has 1 heterocycles. The maximum absolute atomic E-state index is 11.5. The Labute approximate surface area is 94.7 Å². The summed E-state index contributed by atoms with van der Waals surface area (Å²) in [5.41, 5.74) is 0.737. The molecule has 88 valence electrons. The number of ether oxygens (including phenoxy) is 1. The van der Waals surface area contributed by atoms with Gasteiger partial charge in [0.15, 0.2) is 0 Å². The summed E-state index contributed by atoms with van der Waals surface area (Å²) in [5.74, 6) is 0.358. The van der Waals surface area contributed by atoms with Crippen LogP contribution in [-0.4, -0.2) is 20.5 Å². The fraction of sp³-hybridized carbons (Fsp3) is 0.500. The predicted molar refractivity (Wildman–Crippen MR) is 58.8 cm³/mol. The van der Waals surface area contributed by atoms with E-state index in [1.807, 2.05) is 0 Å². The van der Waals surface area contributed by atoms with Crippen LogP contribution < -0.4 is 9.88 Å². The highest BCUT2D eigenvalue weighted by Crippen LogP contribution is 2.40. The topological polar surface area (TPSA) is 82.3 Å². The lowest BCUT2D eigenvalue weighted by atomic mass is 9.80. The first kappa shape index (κ1) is 11.3. The maximum atomic E-state index is 11.5. The SMILES string of the molecule is COc1nccc(C2CCC2)c1S(N)(=O)=O. The summed E-state index contributed by atoms with van der Waals surface area (Å²) < 4.78 is 28.0. The Bertz CT molecular complexity index is 495. The first-order chi connectivity index (χ1) is 7.54. The highest BCUT2D eigenvalue weighted by atomic mass is 32.2. The van der Waals surface area contributed by atoms with Gasteiger partial charge in [0.2, 0.25) is 15.9 Å². The predicted octanol–water partition coefficient (Wildman–Crippen LogP) is 1.01. The number of hydrogen-bond acceptors (Lipinski definition) is 4. The molecule has 1 aliphatic rings. The molecule has 16 heavy (non-hydrogen) atoms. The van der Waals surface area contributed by atoms with E-state index in [0.29, 0.717) is 0 Å². The number of hydrogen-bond donors (Lipinski definition) is 1. The summed E-state index contributed by atoms with van der Waals surface area (Å²) >= 11 is 0. The van der Waals surface area contributed by atoms with Crippen LogP contribution in [0.4, 0.5) is 0 Å². The van der Waals surface area contributed by atoms with Crippen LogP contribution in [0.2, 0.25) is 0 Å². The van der Waals surface area contributed by atoms with Crippen molar-refractivity contribution in [1.82, 2.24) is 4.98 Å². The zero-order valence-electron chi connectivity index (χ0n) is 9.01. The summed E-state index contributed by atoms with van der Waals surface area (Å²) in [6.45, 7) is 0. The molecule has 0 atom stereocenters. The van der Waals surface area contributed by atoms with Gasteiger partial charge in [-0.15, -0.1) is 0 Å². The molecule has 1 aliphatic carbocycles. The van der Waals surface area contributed by atoms with Crippen LogP contribution in [0.5, 0.6) is 5.88 Å². The molecule has 0 aromatic carbocycles. The van der Waals surface area contributed by atoms with Crippen molar-refractivity contribution in [2.24, 2.45) is 5.14 Å². The lowest BCUT2D eigenvalue weighted by molar-refractivity contribution is 0.372. The minimum atomic E-state index is -3.78. The lowest BCUT2D eigenvalue weighted by Gasteiger charge is -2.27. The number of aromatic nitrogens is 1. The van der Waals surface area contributed by atoms with E-state index >= 15 is 0 Å². The Balaban J connectivity index is 2.59. The maximum Gasteiger partial charge on any atom is 0.243 e. The number of pyridine rings is 1. The van der Waals surface area contributed by atoms with E-state index in [-0.39, 0.29) is 16.7 Å². The third-order valence-electron chi connectivity index (χ3n) is 2.93. The lowest BCUT2D eigenvalue weighted by Crippen LogP contribution is -2.20. The average molecular weight is 242 g/mol. The van der Waals surface area contributed by atoms with Gasteiger partial charge in [0.1, 0.15) is 4.90 Å². The van der Waals surface area contributed by atoms with Gasteiger partial charge in [0.25, 0.3) is 0 Å². The normalized spacial score (nSPS) is 16.9. The second kappa shape index (κ2) is 4.03. The Kier molecular flexibility index (Phi) is 2.86. The van der Waals surface area contributed by atoms with Crippen molar-refractivity contribution < 1.29 is 13.2 Å². The Morgan fingerprint density at radius 1 is 1.50 bits per heavy atom. The van der Waals surface area contributed by atoms with E-state index in [2.05, 4.69) is 4.98 Å². The van der Waals surface area contributed by atoms with E-state index in [1.165, 1.54) is 7.11 Å². The molecule has 1 aromatic rings. The number of methoxy groups -OCH3 is 1. The van der Waals surface area contributed by atoms with Crippen molar-refractivity contribution in [2.45, 2.75) is 30.1 Å². The molecule has 0 unspecified atom stereocenters. The summed E-state index contributed by atoms with van der Waals surface area (Å²) in [6, 6.07) is 1.71. The minimum Gasteiger partial charge on any atom is -0.480 e. The van der Waals surface area contributed by atoms with Crippen LogP contribution in [0.25, 0.3) is 0 Å². The van der Waals surface area contributed by atoms with Gasteiger partial charge in [0, 0.05) is 6.20 Å². The molecule has 1 aromatic heterocycles. The van der Waals surface area contributed by atoms with Gasteiger partial charge in [-0.1, -0.05) is 6.42 Å². The van der Waals surface area contributed by atoms with Crippen molar-refractivity contribution in [3.05, 3.63) is 17.8 Å². The molecule has 2 rings (SSSR count). The summed E-state index contributed by atoms with van der Waals surface area (Å²) in [5, 5.41) is 5.20. The summed E-state index contributed by atoms with van der Waals surface area (Å²) in [7, 11) is -2.39.